The quantitative estimate of drug-likeness (QED) is 0.831. The van der Waals surface area contributed by atoms with Crippen LogP contribution < -0.4 is 0 Å². The van der Waals surface area contributed by atoms with Gasteiger partial charge in [-0.15, -0.1) is 0 Å². The van der Waals surface area contributed by atoms with E-state index in [9.17, 15) is 9.18 Å². The van der Waals surface area contributed by atoms with Gasteiger partial charge in [0.1, 0.15) is 5.82 Å². The lowest BCUT2D eigenvalue weighted by Crippen LogP contribution is -2.31. The molecule has 86 valence electrons. The monoisotopic (exact) mass is 223 g/mol. The van der Waals surface area contributed by atoms with Crippen molar-refractivity contribution in [2.24, 2.45) is 0 Å². The topological polar surface area (TPSA) is 40.5 Å². The molecule has 0 amide bonds. The largest absolute Gasteiger partial charge is 0.481 e. The van der Waals surface area contributed by atoms with Gasteiger partial charge in [-0.3, -0.25) is 4.79 Å². The van der Waals surface area contributed by atoms with E-state index in [2.05, 4.69) is 0 Å². The zero-order valence-corrected chi connectivity index (χ0v) is 9.11. The van der Waals surface area contributed by atoms with Crippen molar-refractivity contribution in [2.45, 2.75) is 18.9 Å². The second-order valence-electron chi connectivity index (χ2n) is 4.33. The Bertz CT molecular complexity index is 419. The van der Waals surface area contributed by atoms with Crippen molar-refractivity contribution in [1.82, 2.24) is 4.90 Å². The third-order valence-corrected chi connectivity index (χ3v) is 2.94. The van der Waals surface area contributed by atoms with Crippen molar-refractivity contribution >= 4 is 5.97 Å². The molecule has 0 bridgehead atoms. The van der Waals surface area contributed by atoms with Crippen LogP contribution in [-0.4, -0.2) is 29.6 Å². The number of aliphatic carboxylic acids is 1. The van der Waals surface area contributed by atoms with Crippen molar-refractivity contribution < 1.29 is 14.3 Å². The molecule has 1 aliphatic rings. The standard InChI is InChI=1S/C12H14FNO2/c1-14-6-8-4-10(13)2-3-11(8)9(7-14)5-12(15)16/h2-4,9H,5-7H2,1H3,(H,15,16). The molecule has 2 rings (SSSR count). The average Bonchev–Trinajstić information content (AvgIpc) is 2.15. The number of hydrogen-bond donors (Lipinski definition) is 1. The summed E-state index contributed by atoms with van der Waals surface area (Å²) in [5.74, 6) is -1.11. The van der Waals surface area contributed by atoms with Crippen LogP contribution in [-0.2, 0) is 11.3 Å². The number of halogens is 1. The maximum atomic E-state index is 13.1. The normalized spacial score (nSPS) is 20.5. The molecule has 1 aromatic carbocycles. The van der Waals surface area contributed by atoms with Crippen molar-refractivity contribution in [3.05, 3.63) is 35.1 Å². The van der Waals surface area contributed by atoms with Crippen molar-refractivity contribution in [3.63, 3.8) is 0 Å². The lowest BCUT2D eigenvalue weighted by atomic mass is 9.88. The molecule has 0 saturated heterocycles. The molecule has 0 radical (unpaired) electrons. The Morgan fingerprint density at radius 3 is 3.06 bits per heavy atom. The van der Waals surface area contributed by atoms with Gasteiger partial charge in [0.2, 0.25) is 0 Å². The van der Waals surface area contributed by atoms with E-state index in [1.54, 1.807) is 6.07 Å². The minimum atomic E-state index is -0.810. The maximum absolute atomic E-state index is 13.1. The lowest BCUT2D eigenvalue weighted by Gasteiger charge is -2.31. The Hall–Kier alpha value is -1.42. The number of rotatable bonds is 2. The number of fused-ring (bicyclic) bond motifs is 1. The van der Waals surface area contributed by atoms with Crippen LogP contribution in [0.2, 0.25) is 0 Å². The molecular weight excluding hydrogens is 209 g/mol. The van der Waals surface area contributed by atoms with Gasteiger partial charge in [-0.25, -0.2) is 4.39 Å². The van der Waals surface area contributed by atoms with E-state index in [1.807, 2.05) is 11.9 Å². The Balaban J connectivity index is 2.34. The van der Waals surface area contributed by atoms with Crippen LogP contribution in [0.4, 0.5) is 4.39 Å². The van der Waals surface area contributed by atoms with E-state index in [0.29, 0.717) is 13.1 Å². The fourth-order valence-electron chi connectivity index (χ4n) is 2.32. The van der Waals surface area contributed by atoms with Gasteiger partial charge in [-0.1, -0.05) is 6.07 Å². The molecule has 3 nitrogen and oxygen atoms in total. The molecule has 1 unspecified atom stereocenters. The first kappa shape index (κ1) is 11.1. The van der Waals surface area contributed by atoms with Crippen LogP contribution in [0.25, 0.3) is 0 Å². The zero-order chi connectivity index (χ0) is 11.7. The highest BCUT2D eigenvalue weighted by Gasteiger charge is 2.25. The predicted molar refractivity (Wildman–Crippen MR) is 57.7 cm³/mol. The van der Waals surface area contributed by atoms with Gasteiger partial charge in [-0.2, -0.15) is 0 Å². The molecule has 1 aromatic rings. The van der Waals surface area contributed by atoms with Crippen LogP contribution in [0, 0.1) is 5.82 Å². The molecule has 0 fully saturated rings. The number of hydrogen-bond acceptors (Lipinski definition) is 2. The molecule has 16 heavy (non-hydrogen) atoms. The highest BCUT2D eigenvalue weighted by Crippen LogP contribution is 2.30. The average molecular weight is 223 g/mol. The number of carboxylic acid groups (broad SMARTS) is 1. The van der Waals surface area contributed by atoms with Crippen LogP contribution in [0.15, 0.2) is 18.2 Å². The first-order valence-corrected chi connectivity index (χ1v) is 5.25. The predicted octanol–water partition coefficient (Wildman–Crippen LogP) is 1.83. The van der Waals surface area contributed by atoms with E-state index in [0.717, 1.165) is 11.1 Å². The summed E-state index contributed by atoms with van der Waals surface area (Å²) >= 11 is 0. The fourth-order valence-corrected chi connectivity index (χ4v) is 2.32. The molecule has 0 spiro atoms. The molecule has 1 atom stereocenters. The van der Waals surface area contributed by atoms with Gasteiger partial charge in [0, 0.05) is 19.0 Å². The molecule has 0 aromatic heterocycles. The summed E-state index contributed by atoms with van der Waals surface area (Å²) in [4.78, 5) is 12.8. The number of benzene rings is 1. The first-order chi connectivity index (χ1) is 7.56. The van der Waals surface area contributed by atoms with Crippen LogP contribution >= 0.6 is 0 Å². The summed E-state index contributed by atoms with van der Waals surface area (Å²) < 4.78 is 13.1. The molecule has 0 saturated carbocycles. The first-order valence-electron chi connectivity index (χ1n) is 5.25. The van der Waals surface area contributed by atoms with E-state index < -0.39 is 5.97 Å². The van der Waals surface area contributed by atoms with E-state index in [1.165, 1.54) is 12.1 Å². The minimum Gasteiger partial charge on any atom is -0.481 e. The number of likely N-dealkylation sites (N-methyl/N-ethyl adjacent to an activating group) is 1. The fraction of sp³-hybridized carbons (Fsp3) is 0.417. The Kier molecular flexibility index (Phi) is 2.92. The van der Waals surface area contributed by atoms with Crippen molar-refractivity contribution in [1.29, 1.82) is 0 Å². The van der Waals surface area contributed by atoms with E-state index in [-0.39, 0.29) is 18.2 Å². The van der Waals surface area contributed by atoms with E-state index in [4.69, 9.17) is 5.11 Å². The van der Waals surface area contributed by atoms with Gasteiger partial charge in [0.15, 0.2) is 0 Å². The van der Waals surface area contributed by atoms with Crippen LogP contribution in [0.1, 0.15) is 23.5 Å². The van der Waals surface area contributed by atoms with Gasteiger partial charge in [-0.05, 0) is 30.3 Å². The molecule has 0 aliphatic carbocycles. The van der Waals surface area contributed by atoms with Crippen LogP contribution in [0.3, 0.4) is 0 Å². The smallest absolute Gasteiger partial charge is 0.304 e. The van der Waals surface area contributed by atoms with Crippen molar-refractivity contribution in [2.75, 3.05) is 13.6 Å². The second kappa shape index (κ2) is 4.22. The SMILES string of the molecule is CN1Cc2cc(F)ccc2C(CC(=O)O)C1. The summed E-state index contributed by atoms with van der Waals surface area (Å²) in [5, 5.41) is 8.84. The summed E-state index contributed by atoms with van der Waals surface area (Å²) in [7, 11) is 1.92. The number of carbonyl (C=O) groups is 1. The second-order valence-corrected chi connectivity index (χ2v) is 4.33. The van der Waals surface area contributed by atoms with Crippen LogP contribution in [0.5, 0.6) is 0 Å². The zero-order valence-electron chi connectivity index (χ0n) is 9.11. The molecule has 1 N–H and O–H groups in total. The molecule has 4 heteroatoms. The molecular formula is C12H14FNO2. The Morgan fingerprint density at radius 2 is 2.38 bits per heavy atom. The third kappa shape index (κ3) is 2.22. The van der Waals surface area contributed by atoms with E-state index >= 15 is 0 Å². The van der Waals surface area contributed by atoms with Gasteiger partial charge < -0.3 is 10.0 Å². The van der Waals surface area contributed by atoms with Crippen molar-refractivity contribution in [3.8, 4) is 0 Å². The molecule has 1 aliphatic heterocycles. The summed E-state index contributed by atoms with van der Waals surface area (Å²) in [6.07, 6.45) is 0.100. The highest BCUT2D eigenvalue weighted by atomic mass is 19.1. The molecule has 1 heterocycles. The lowest BCUT2D eigenvalue weighted by molar-refractivity contribution is -0.137. The van der Waals surface area contributed by atoms with Gasteiger partial charge in [0.05, 0.1) is 6.42 Å². The third-order valence-electron chi connectivity index (χ3n) is 2.94. The van der Waals surface area contributed by atoms with Gasteiger partial charge >= 0.3 is 5.97 Å². The summed E-state index contributed by atoms with van der Waals surface area (Å²) in [5.41, 5.74) is 1.88. The maximum Gasteiger partial charge on any atom is 0.304 e. The summed E-state index contributed by atoms with van der Waals surface area (Å²) in [6, 6.07) is 4.62. The number of carboxylic acids is 1. The summed E-state index contributed by atoms with van der Waals surface area (Å²) in [6.45, 7) is 1.40. The van der Waals surface area contributed by atoms with Gasteiger partial charge in [0.25, 0.3) is 0 Å². The Morgan fingerprint density at radius 1 is 1.62 bits per heavy atom. The Labute approximate surface area is 93.5 Å². The number of nitrogens with zero attached hydrogens (tertiary/aromatic N) is 1. The highest BCUT2D eigenvalue weighted by molar-refractivity contribution is 5.68. The minimum absolute atomic E-state index is 0.0353.